The first kappa shape index (κ1) is 33.4. The van der Waals surface area contributed by atoms with Crippen molar-refractivity contribution in [2.75, 3.05) is 53.7 Å². The van der Waals surface area contributed by atoms with Gasteiger partial charge in [-0.15, -0.1) is 0 Å². The number of ether oxygens (including phenoxy) is 3. The van der Waals surface area contributed by atoms with E-state index >= 15 is 0 Å². The second-order valence-electron chi connectivity index (χ2n) is 11.9. The second-order valence-corrected chi connectivity index (χ2v) is 11.9. The fraction of sp³-hybridized carbons (Fsp3) is 0.742. The second kappa shape index (κ2) is 15.9. The quantitative estimate of drug-likeness (QED) is 0.511. The molecule has 0 radical (unpaired) electrons. The van der Waals surface area contributed by atoms with E-state index in [0.717, 1.165) is 18.4 Å². The van der Waals surface area contributed by atoms with Gasteiger partial charge >= 0.3 is 0 Å². The molecule has 2 N–H and O–H groups in total. The molecule has 1 aromatic carbocycles. The van der Waals surface area contributed by atoms with Gasteiger partial charge in [-0.1, -0.05) is 38.8 Å². The summed E-state index contributed by atoms with van der Waals surface area (Å²) in [6, 6.07) is 6.00. The first-order valence-corrected chi connectivity index (χ1v) is 14.9. The number of aliphatic hydroxyl groups is 2. The predicted octanol–water partition coefficient (Wildman–Crippen LogP) is 2.90. The highest BCUT2D eigenvalue weighted by molar-refractivity contribution is 5.89. The van der Waals surface area contributed by atoms with Crippen LogP contribution < -0.4 is 0 Å². The molecule has 2 aliphatic rings. The lowest BCUT2D eigenvalue weighted by Gasteiger charge is -2.42. The van der Waals surface area contributed by atoms with Gasteiger partial charge in [0.25, 0.3) is 0 Å². The van der Waals surface area contributed by atoms with Crippen molar-refractivity contribution in [2.45, 2.75) is 88.6 Å². The monoisotopic (exact) mass is 580 g/mol. The molecule has 10 heteroatoms. The van der Waals surface area contributed by atoms with Crippen LogP contribution in [0.15, 0.2) is 24.3 Å². The maximum Gasteiger partial charge on any atom is 0.248 e. The van der Waals surface area contributed by atoms with Crippen molar-refractivity contribution >= 4 is 11.8 Å². The van der Waals surface area contributed by atoms with Crippen LogP contribution in [-0.2, 0) is 29.2 Å². The number of aliphatic hydroxyl groups excluding tert-OH is 2. The number of halogens is 1. The Morgan fingerprint density at radius 1 is 1.07 bits per heavy atom. The first-order valence-electron chi connectivity index (χ1n) is 14.9. The molecule has 1 aliphatic heterocycles. The third kappa shape index (κ3) is 8.70. The molecule has 0 aromatic heterocycles. The third-order valence-corrected chi connectivity index (χ3v) is 8.46. The van der Waals surface area contributed by atoms with Gasteiger partial charge < -0.3 is 34.2 Å². The minimum absolute atomic E-state index is 0.0106. The summed E-state index contributed by atoms with van der Waals surface area (Å²) in [5.74, 6) is -0.390. The summed E-state index contributed by atoms with van der Waals surface area (Å²) in [7, 11) is 2.87. The van der Waals surface area contributed by atoms with E-state index in [1.807, 2.05) is 4.90 Å². The molecule has 4 atom stereocenters. The minimum Gasteiger partial charge on any atom is -0.388 e. The van der Waals surface area contributed by atoms with Crippen LogP contribution in [0.1, 0.15) is 64.4 Å². The van der Waals surface area contributed by atoms with Gasteiger partial charge in [-0.2, -0.15) is 0 Å². The van der Waals surface area contributed by atoms with Crippen molar-refractivity contribution in [3.05, 3.63) is 35.6 Å². The number of nitrogens with zero attached hydrogens (tertiary/aromatic N) is 2. The van der Waals surface area contributed by atoms with Crippen LogP contribution >= 0.6 is 0 Å². The van der Waals surface area contributed by atoms with Crippen LogP contribution in [0, 0.1) is 11.7 Å². The molecule has 0 unspecified atom stereocenters. The Kier molecular flexibility index (Phi) is 13.0. The van der Waals surface area contributed by atoms with Crippen LogP contribution in [0.25, 0.3) is 0 Å². The van der Waals surface area contributed by atoms with Gasteiger partial charge in [0.15, 0.2) is 0 Å². The van der Waals surface area contributed by atoms with Gasteiger partial charge in [0.2, 0.25) is 11.8 Å². The Morgan fingerprint density at radius 2 is 1.76 bits per heavy atom. The standard InChI is InChI=1S/C31H49FN2O7/c1-22(2)17-25-18-33(28(36)21-39-3)19-27(40-4)29(37)26(35)20-41-16-8-7-15-34(25)30(38)31(13-5-6-14-31)23-9-11-24(32)12-10-23/h9-12,22,25-27,29,35,37H,5-8,13-21H2,1-4H3/t25-,26+,27+,29+/m0/s1. The number of benzene rings is 1. The summed E-state index contributed by atoms with van der Waals surface area (Å²) in [6.45, 7) is 5.04. The molecule has 2 fully saturated rings. The highest BCUT2D eigenvalue weighted by atomic mass is 19.1. The summed E-state index contributed by atoms with van der Waals surface area (Å²) < 4.78 is 30.2. The summed E-state index contributed by atoms with van der Waals surface area (Å²) in [6.07, 6.45) is 1.86. The fourth-order valence-electron chi connectivity index (χ4n) is 6.27. The largest absolute Gasteiger partial charge is 0.388 e. The van der Waals surface area contributed by atoms with E-state index in [4.69, 9.17) is 14.2 Å². The SMILES string of the molecule is COCC(=O)N1C[C@H](CC(C)C)N(C(=O)C2(c3ccc(F)cc3)CCCC2)CCCCOC[C@@H](O)[C@@H](O)[C@H](OC)C1. The summed E-state index contributed by atoms with van der Waals surface area (Å²) >= 11 is 0. The predicted molar refractivity (Wildman–Crippen MR) is 153 cm³/mol. The van der Waals surface area contributed by atoms with Gasteiger partial charge in [-0.25, -0.2) is 4.39 Å². The fourth-order valence-corrected chi connectivity index (χ4v) is 6.27. The molecule has 2 amide bonds. The molecule has 9 nitrogen and oxygen atoms in total. The normalized spacial score (nSPS) is 26.6. The van der Waals surface area contributed by atoms with Gasteiger partial charge in [-0.05, 0) is 55.7 Å². The lowest BCUT2D eigenvalue weighted by Crippen LogP contribution is -2.57. The molecule has 232 valence electrons. The topological polar surface area (TPSA) is 109 Å². The maximum atomic E-state index is 14.7. The zero-order valence-electron chi connectivity index (χ0n) is 25.1. The van der Waals surface area contributed by atoms with E-state index in [1.54, 1.807) is 17.0 Å². The van der Waals surface area contributed by atoms with E-state index in [1.165, 1.54) is 26.4 Å². The Hall–Kier alpha value is -2.11. The summed E-state index contributed by atoms with van der Waals surface area (Å²) in [5, 5.41) is 21.4. The third-order valence-electron chi connectivity index (χ3n) is 8.46. The number of hydrogen-bond acceptors (Lipinski definition) is 7. The molecule has 1 saturated heterocycles. The van der Waals surface area contributed by atoms with Crippen LogP contribution in [0.4, 0.5) is 4.39 Å². The number of hydrogen-bond donors (Lipinski definition) is 2. The molecule has 1 aromatic rings. The number of rotatable bonds is 7. The molecule has 0 bridgehead atoms. The van der Waals surface area contributed by atoms with Crippen LogP contribution in [0.5, 0.6) is 0 Å². The first-order chi connectivity index (χ1) is 19.6. The maximum absolute atomic E-state index is 14.7. The van der Waals surface area contributed by atoms with E-state index in [2.05, 4.69) is 13.8 Å². The molecule has 41 heavy (non-hydrogen) atoms. The number of carbonyl (C=O) groups excluding carboxylic acids is 2. The molecule has 1 saturated carbocycles. The molecule has 0 spiro atoms. The van der Waals surface area contributed by atoms with E-state index in [-0.39, 0.29) is 55.9 Å². The van der Waals surface area contributed by atoms with Crippen LogP contribution in [0.3, 0.4) is 0 Å². The lowest BCUT2D eigenvalue weighted by molar-refractivity contribution is -0.148. The van der Waals surface area contributed by atoms with Gasteiger partial charge in [-0.3, -0.25) is 9.59 Å². The van der Waals surface area contributed by atoms with Crippen molar-refractivity contribution in [1.82, 2.24) is 9.80 Å². The van der Waals surface area contributed by atoms with Crippen LogP contribution in [-0.4, -0.2) is 110 Å². The summed E-state index contributed by atoms with van der Waals surface area (Å²) in [4.78, 5) is 31.6. The Balaban J connectivity index is 2.04. The van der Waals surface area contributed by atoms with Gasteiger partial charge in [0, 0.05) is 46.5 Å². The highest BCUT2D eigenvalue weighted by Gasteiger charge is 2.46. The number of carbonyl (C=O) groups is 2. The average Bonchev–Trinajstić information content (AvgIpc) is 3.44. The average molecular weight is 581 g/mol. The lowest BCUT2D eigenvalue weighted by atomic mass is 9.77. The van der Waals surface area contributed by atoms with Gasteiger partial charge in [0.05, 0.1) is 12.0 Å². The van der Waals surface area contributed by atoms with Crippen molar-refractivity contribution in [3.8, 4) is 0 Å². The Morgan fingerprint density at radius 3 is 2.37 bits per heavy atom. The van der Waals surface area contributed by atoms with Crippen molar-refractivity contribution < 1.29 is 38.4 Å². The van der Waals surface area contributed by atoms with E-state index in [0.29, 0.717) is 45.3 Å². The van der Waals surface area contributed by atoms with E-state index in [9.17, 15) is 24.2 Å². The van der Waals surface area contributed by atoms with Crippen molar-refractivity contribution in [2.24, 2.45) is 5.92 Å². The molecular weight excluding hydrogens is 531 g/mol. The zero-order valence-corrected chi connectivity index (χ0v) is 25.1. The van der Waals surface area contributed by atoms with Crippen molar-refractivity contribution in [3.63, 3.8) is 0 Å². The van der Waals surface area contributed by atoms with Crippen molar-refractivity contribution in [1.29, 1.82) is 0 Å². The summed E-state index contributed by atoms with van der Waals surface area (Å²) in [5.41, 5.74) is 0.0815. The van der Waals surface area contributed by atoms with E-state index < -0.39 is 23.7 Å². The molecular formula is C31H49FN2O7. The Bertz CT molecular complexity index is 954. The number of amides is 2. The molecule has 1 heterocycles. The minimum atomic E-state index is -1.28. The molecule has 3 rings (SSSR count). The Labute approximate surface area is 243 Å². The van der Waals surface area contributed by atoms with Crippen LogP contribution in [0.2, 0.25) is 0 Å². The molecule has 1 aliphatic carbocycles. The highest BCUT2D eigenvalue weighted by Crippen LogP contribution is 2.43. The number of methoxy groups -OCH3 is 2. The van der Waals surface area contributed by atoms with Gasteiger partial charge in [0.1, 0.15) is 30.7 Å². The zero-order chi connectivity index (χ0) is 30.0. The smallest absolute Gasteiger partial charge is 0.248 e.